The maximum Gasteiger partial charge on any atom is 0.416 e. The molecule has 180 valence electrons. The minimum Gasteiger partial charge on any atom is -0.466 e. The molecular weight excluding hydrogens is 431 g/mol. The summed E-state index contributed by atoms with van der Waals surface area (Å²) in [5.41, 5.74) is 0.819. The van der Waals surface area contributed by atoms with Crippen LogP contribution in [0.5, 0.6) is 0 Å². The summed E-state index contributed by atoms with van der Waals surface area (Å²) in [4.78, 5) is 14.3. The van der Waals surface area contributed by atoms with Gasteiger partial charge in [0.15, 0.2) is 0 Å². The number of rotatable bonds is 9. The average molecular weight is 464 g/mol. The molecule has 0 aliphatic carbocycles. The molecule has 0 amide bonds. The van der Waals surface area contributed by atoms with Crippen LogP contribution in [0.4, 0.5) is 13.2 Å². The van der Waals surface area contributed by atoms with E-state index in [9.17, 15) is 18.0 Å². The number of ether oxygens (including phenoxy) is 2. The summed E-state index contributed by atoms with van der Waals surface area (Å²) >= 11 is 0. The highest BCUT2D eigenvalue weighted by atomic mass is 19.4. The van der Waals surface area contributed by atoms with Gasteiger partial charge in [-0.1, -0.05) is 48.5 Å². The maximum absolute atomic E-state index is 13.3. The van der Waals surface area contributed by atoms with Gasteiger partial charge in [-0.3, -0.25) is 4.79 Å². The Kier molecular flexibility index (Phi) is 8.92. The molecule has 1 fully saturated rings. The van der Waals surface area contributed by atoms with Crippen LogP contribution in [0.3, 0.4) is 0 Å². The lowest BCUT2D eigenvalue weighted by molar-refractivity contribution is -0.150. The highest BCUT2D eigenvalue weighted by Gasteiger charge is 2.32. The van der Waals surface area contributed by atoms with Gasteiger partial charge in [-0.25, -0.2) is 0 Å². The SMILES string of the molecule is CCOC(=O)[C@@H]1CCCN(CCOC(C)C(c2ccccc2)c2cccc(C(F)(F)F)c2)C1. The van der Waals surface area contributed by atoms with Crippen molar-refractivity contribution in [3.8, 4) is 0 Å². The molecule has 1 heterocycles. The first-order valence-electron chi connectivity index (χ1n) is 11.5. The number of piperidine rings is 1. The Labute approximate surface area is 193 Å². The molecule has 3 atom stereocenters. The standard InChI is InChI=1S/C26H32F3NO3/c1-3-32-25(31)22-12-8-14-30(18-22)15-16-33-19(2)24(20-9-5-4-6-10-20)21-11-7-13-23(17-21)26(27,28)29/h4-7,9-11,13,17,19,22,24H,3,8,12,14-16,18H2,1-2H3/t19?,22-,24?/m1/s1. The Morgan fingerprint density at radius 2 is 1.85 bits per heavy atom. The molecule has 3 rings (SSSR count). The number of esters is 1. The first-order valence-corrected chi connectivity index (χ1v) is 11.5. The topological polar surface area (TPSA) is 38.8 Å². The normalized spacial score (nSPS) is 19.1. The summed E-state index contributed by atoms with van der Waals surface area (Å²) in [6, 6.07) is 15.0. The second kappa shape index (κ2) is 11.7. The van der Waals surface area contributed by atoms with Gasteiger partial charge in [-0.15, -0.1) is 0 Å². The van der Waals surface area contributed by atoms with Crippen molar-refractivity contribution in [2.24, 2.45) is 5.92 Å². The number of halogens is 3. The number of nitrogens with zero attached hydrogens (tertiary/aromatic N) is 1. The first kappa shape index (κ1) is 25.2. The maximum atomic E-state index is 13.3. The molecule has 2 unspecified atom stereocenters. The molecule has 0 aromatic heterocycles. The van der Waals surface area contributed by atoms with E-state index >= 15 is 0 Å². The quantitative estimate of drug-likeness (QED) is 0.459. The van der Waals surface area contributed by atoms with Crippen LogP contribution in [-0.4, -0.2) is 49.8 Å². The van der Waals surface area contributed by atoms with Crippen LogP contribution in [0.15, 0.2) is 54.6 Å². The van der Waals surface area contributed by atoms with Gasteiger partial charge in [0.05, 0.1) is 30.8 Å². The van der Waals surface area contributed by atoms with Crippen molar-refractivity contribution in [3.63, 3.8) is 0 Å². The first-order chi connectivity index (χ1) is 15.8. The van der Waals surface area contributed by atoms with Crippen LogP contribution in [0, 0.1) is 5.92 Å². The van der Waals surface area contributed by atoms with Gasteiger partial charge in [0.25, 0.3) is 0 Å². The summed E-state index contributed by atoms with van der Waals surface area (Å²) in [6.07, 6.45) is -2.97. The molecule has 0 spiro atoms. The third-order valence-electron chi connectivity index (χ3n) is 6.11. The number of carbonyl (C=O) groups is 1. The third-order valence-corrected chi connectivity index (χ3v) is 6.11. The average Bonchev–Trinajstić information content (AvgIpc) is 2.80. The van der Waals surface area contributed by atoms with Gasteiger partial charge in [0, 0.05) is 19.0 Å². The number of carbonyl (C=O) groups excluding carboxylic acids is 1. The fourth-order valence-corrected chi connectivity index (χ4v) is 4.48. The Bertz CT molecular complexity index is 888. The molecule has 0 N–H and O–H groups in total. The fourth-order valence-electron chi connectivity index (χ4n) is 4.48. The van der Waals surface area contributed by atoms with Crippen molar-refractivity contribution >= 4 is 5.97 Å². The van der Waals surface area contributed by atoms with E-state index in [1.807, 2.05) is 37.3 Å². The van der Waals surface area contributed by atoms with Gasteiger partial charge in [0.2, 0.25) is 0 Å². The van der Waals surface area contributed by atoms with Crippen molar-refractivity contribution in [1.82, 2.24) is 4.90 Å². The third kappa shape index (κ3) is 7.05. The number of hydrogen-bond donors (Lipinski definition) is 0. The summed E-state index contributed by atoms with van der Waals surface area (Å²) in [7, 11) is 0. The highest BCUT2D eigenvalue weighted by molar-refractivity contribution is 5.72. The second-order valence-corrected chi connectivity index (χ2v) is 8.48. The number of benzene rings is 2. The summed E-state index contributed by atoms with van der Waals surface area (Å²) in [5.74, 6) is -0.592. The highest BCUT2D eigenvalue weighted by Crippen LogP contribution is 2.35. The minimum absolute atomic E-state index is 0.113. The van der Waals surface area contributed by atoms with Gasteiger partial charge in [-0.05, 0) is 50.4 Å². The lowest BCUT2D eigenvalue weighted by atomic mass is 9.86. The summed E-state index contributed by atoms with van der Waals surface area (Å²) in [6.45, 7) is 6.71. The van der Waals surface area contributed by atoms with Gasteiger partial charge in [0.1, 0.15) is 0 Å². The largest absolute Gasteiger partial charge is 0.466 e. The lowest BCUT2D eigenvalue weighted by Crippen LogP contribution is -2.41. The molecule has 7 heteroatoms. The van der Waals surface area contributed by atoms with E-state index < -0.39 is 11.7 Å². The lowest BCUT2D eigenvalue weighted by Gasteiger charge is -2.32. The van der Waals surface area contributed by atoms with Crippen molar-refractivity contribution in [2.45, 2.75) is 44.9 Å². The molecule has 1 aliphatic heterocycles. The van der Waals surface area contributed by atoms with E-state index in [-0.39, 0.29) is 23.9 Å². The molecular formula is C26H32F3NO3. The van der Waals surface area contributed by atoms with Gasteiger partial charge >= 0.3 is 12.1 Å². The monoisotopic (exact) mass is 463 g/mol. The van der Waals surface area contributed by atoms with Crippen LogP contribution in [0.2, 0.25) is 0 Å². The Balaban J connectivity index is 1.67. The Morgan fingerprint density at radius 1 is 1.12 bits per heavy atom. The van der Waals surface area contributed by atoms with E-state index in [1.165, 1.54) is 12.1 Å². The van der Waals surface area contributed by atoms with Crippen LogP contribution < -0.4 is 0 Å². The summed E-state index contributed by atoms with van der Waals surface area (Å²) < 4.78 is 51.2. The van der Waals surface area contributed by atoms with Crippen molar-refractivity contribution in [3.05, 3.63) is 71.3 Å². The zero-order valence-corrected chi connectivity index (χ0v) is 19.2. The zero-order valence-electron chi connectivity index (χ0n) is 19.2. The Hall–Kier alpha value is -2.38. The van der Waals surface area contributed by atoms with E-state index in [1.54, 1.807) is 13.0 Å². The van der Waals surface area contributed by atoms with Crippen molar-refractivity contribution in [1.29, 1.82) is 0 Å². The predicted molar refractivity (Wildman–Crippen MR) is 121 cm³/mol. The number of likely N-dealkylation sites (tertiary alicyclic amines) is 1. The molecule has 1 saturated heterocycles. The van der Waals surface area contributed by atoms with Crippen LogP contribution in [0.25, 0.3) is 0 Å². The van der Waals surface area contributed by atoms with Gasteiger partial charge < -0.3 is 14.4 Å². The van der Waals surface area contributed by atoms with E-state index in [2.05, 4.69) is 4.90 Å². The molecule has 2 aromatic carbocycles. The zero-order chi connectivity index (χ0) is 23.8. The van der Waals surface area contributed by atoms with Crippen LogP contribution in [0.1, 0.15) is 49.3 Å². The van der Waals surface area contributed by atoms with Crippen LogP contribution >= 0.6 is 0 Å². The molecule has 1 aliphatic rings. The molecule has 0 bridgehead atoms. The number of hydrogen-bond acceptors (Lipinski definition) is 4. The summed E-state index contributed by atoms with van der Waals surface area (Å²) in [5, 5.41) is 0. The smallest absolute Gasteiger partial charge is 0.416 e. The molecule has 0 saturated carbocycles. The fraction of sp³-hybridized carbons (Fsp3) is 0.500. The second-order valence-electron chi connectivity index (χ2n) is 8.48. The number of alkyl halides is 3. The minimum atomic E-state index is -4.40. The molecule has 2 aromatic rings. The van der Waals surface area contributed by atoms with E-state index in [0.29, 0.717) is 31.9 Å². The Morgan fingerprint density at radius 3 is 2.55 bits per heavy atom. The van der Waals surface area contributed by atoms with E-state index in [0.717, 1.165) is 31.0 Å². The van der Waals surface area contributed by atoms with Gasteiger partial charge in [-0.2, -0.15) is 13.2 Å². The molecule has 33 heavy (non-hydrogen) atoms. The van der Waals surface area contributed by atoms with Crippen LogP contribution in [-0.2, 0) is 20.4 Å². The molecule has 4 nitrogen and oxygen atoms in total. The van der Waals surface area contributed by atoms with Crippen molar-refractivity contribution in [2.75, 3.05) is 32.8 Å². The van der Waals surface area contributed by atoms with E-state index in [4.69, 9.17) is 9.47 Å². The predicted octanol–water partition coefficient (Wildman–Crippen LogP) is 5.52. The molecule has 0 radical (unpaired) electrons. The van der Waals surface area contributed by atoms with Crippen molar-refractivity contribution < 1.29 is 27.4 Å².